The van der Waals surface area contributed by atoms with Gasteiger partial charge >= 0.3 is 0 Å². The van der Waals surface area contributed by atoms with Crippen molar-refractivity contribution in [1.29, 1.82) is 0 Å². The molecular formula is C18H25ClN2O2. The van der Waals surface area contributed by atoms with E-state index in [0.29, 0.717) is 36.3 Å². The van der Waals surface area contributed by atoms with Crippen molar-refractivity contribution in [2.75, 3.05) is 26.7 Å². The molecule has 2 aliphatic heterocycles. The molecule has 4 nitrogen and oxygen atoms in total. The number of halogens is 1. The van der Waals surface area contributed by atoms with Gasteiger partial charge in [0.2, 0.25) is 5.91 Å². The Balaban J connectivity index is 1.39. The van der Waals surface area contributed by atoms with E-state index in [0.717, 1.165) is 13.0 Å². The number of piperidine rings is 1. The van der Waals surface area contributed by atoms with Crippen LogP contribution in [0.3, 0.4) is 0 Å². The highest BCUT2D eigenvalue weighted by Gasteiger charge is 2.32. The fourth-order valence-electron chi connectivity index (χ4n) is 3.39. The summed E-state index contributed by atoms with van der Waals surface area (Å²) in [5.74, 6) is 0.957. The number of amides is 1. The van der Waals surface area contributed by atoms with Crippen molar-refractivity contribution in [2.45, 2.75) is 44.2 Å². The molecule has 126 valence electrons. The second-order valence-electron chi connectivity index (χ2n) is 6.64. The highest BCUT2D eigenvalue weighted by molar-refractivity contribution is 6.32. The lowest BCUT2D eigenvalue weighted by Gasteiger charge is -2.40. The first-order valence-corrected chi connectivity index (χ1v) is 8.90. The Morgan fingerprint density at radius 1 is 1.30 bits per heavy atom. The van der Waals surface area contributed by atoms with Crippen LogP contribution in [-0.2, 0) is 4.79 Å². The van der Waals surface area contributed by atoms with E-state index in [-0.39, 0.29) is 12.0 Å². The van der Waals surface area contributed by atoms with Gasteiger partial charge in [-0.05, 0) is 45.0 Å². The largest absolute Gasteiger partial charge is 0.485 e. The molecule has 0 spiro atoms. The summed E-state index contributed by atoms with van der Waals surface area (Å²) < 4.78 is 5.84. The molecule has 1 aromatic carbocycles. The number of ether oxygens (including phenoxy) is 1. The minimum absolute atomic E-state index is 0.0659. The van der Waals surface area contributed by atoms with Crippen molar-refractivity contribution in [3.8, 4) is 5.75 Å². The van der Waals surface area contributed by atoms with E-state index in [4.69, 9.17) is 16.3 Å². The lowest BCUT2D eigenvalue weighted by atomic mass is 9.98. The highest BCUT2D eigenvalue weighted by atomic mass is 35.5. The molecular weight excluding hydrogens is 312 g/mol. The Morgan fingerprint density at radius 3 is 2.83 bits per heavy atom. The fraction of sp³-hybridized carbons (Fsp3) is 0.611. The number of benzene rings is 1. The first-order valence-electron chi connectivity index (χ1n) is 8.52. The van der Waals surface area contributed by atoms with Crippen LogP contribution < -0.4 is 4.74 Å². The van der Waals surface area contributed by atoms with Gasteiger partial charge in [-0.15, -0.1) is 0 Å². The third-order valence-corrected chi connectivity index (χ3v) is 5.26. The average Bonchev–Trinajstić information content (AvgIpc) is 2.51. The van der Waals surface area contributed by atoms with Crippen LogP contribution in [-0.4, -0.2) is 54.5 Å². The van der Waals surface area contributed by atoms with Gasteiger partial charge in [-0.3, -0.25) is 4.79 Å². The molecule has 2 heterocycles. The Hall–Kier alpha value is -1.26. The Labute approximate surface area is 143 Å². The van der Waals surface area contributed by atoms with Crippen LogP contribution in [0.1, 0.15) is 32.1 Å². The Morgan fingerprint density at radius 2 is 2.09 bits per heavy atom. The van der Waals surface area contributed by atoms with E-state index in [2.05, 4.69) is 11.9 Å². The van der Waals surface area contributed by atoms with E-state index >= 15 is 0 Å². The van der Waals surface area contributed by atoms with E-state index in [1.54, 1.807) is 0 Å². The van der Waals surface area contributed by atoms with Crippen LogP contribution in [0.2, 0.25) is 5.02 Å². The summed E-state index contributed by atoms with van der Waals surface area (Å²) in [5, 5.41) is 0.623. The zero-order valence-corrected chi connectivity index (χ0v) is 14.5. The van der Waals surface area contributed by atoms with Gasteiger partial charge in [0, 0.05) is 12.5 Å². The first kappa shape index (κ1) is 16.6. The zero-order chi connectivity index (χ0) is 16.2. The quantitative estimate of drug-likeness (QED) is 0.827. The smallest absolute Gasteiger partial charge is 0.222 e. The second kappa shape index (κ2) is 7.54. The van der Waals surface area contributed by atoms with Gasteiger partial charge < -0.3 is 14.5 Å². The minimum atomic E-state index is 0.0659. The number of carbonyl (C=O) groups excluding carboxylic acids is 1. The van der Waals surface area contributed by atoms with E-state index in [1.807, 2.05) is 29.2 Å². The fourth-order valence-corrected chi connectivity index (χ4v) is 3.57. The topological polar surface area (TPSA) is 32.8 Å². The van der Waals surface area contributed by atoms with Gasteiger partial charge in [0.1, 0.15) is 11.9 Å². The maximum Gasteiger partial charge on any atom is 0.222 e. The van der Waals surface area contributed by atoms with Gasteiger partial charge in [-0.1, -0.05) is 30.2 Å². The summed E-state index contributed by atoms with van der Waals surface area (Å²) in [6.07, 6.45) is 5.49. The maximum atomic E-state index is 12.3. The first-order chi connectivity index (χ1) is 11.1. The van der Waals surface area contributed by atoms with Crippen LogP contribution in [0.25, 0.3) is 0 Å². The van der Waals surface area contributed by atoms with Crippen molar-refractivity contribution in [3.05, 3.63) is 29.3 Å². The molecule has 1 aromatic rings. The molecule has 1 amide bonds. The molecule has 1 atom stereocenters. The number of carbonyl (C=O) groups is 1. The zero-order valence-electron chi connectivity index (χ0n) is 13.7. The summed E-state index contributed by atoms with van der Waals surface area (Å²) in [5.41, 5.74) is 0. The highest BCUT2D eigenvalue weighted by Crippen LogP contribution is 2.27. The molecule has 23 heavy (non-hydrogen) atoms. The predicted octanol–water partition coefficient (Wildman–Crippen LogP) is 3.19. The molecule has 3 rings (SSSR count). The summed E-state index contributed by atoms with van der Waals surface area (Å²) in [6, 6.07) is 8.05. The number of hydrogen-bond donors (Lipinski definition) is 0. The Kier molecular flexibility index (Phi) is 5.44. The molecule has 2 fully saturated rings. The van der Waals surface area contributed by atoms with Crippen molar-refractivity contribution < 1.29 is 9.53 Å². The molecule has 0 aromatic heterocycles. The van der Waals surface area contributed by atoms with Crippen LogP contribution in [0.15, 0.2) is 24.3 Å². The van der Waals surface area contributed by atoms with Crippen LogP contribution in [0.5, 0.6) is 5.75 Å². The monoisotopic (exact) mass is 336 g/mol. The molecule has 0 saturated carbocycles. The standard InChI is InChI=1S/C18H25ClN2O2/c1-20-11-5-4-6-14(20)9-10-18(22)21-12-15(13-21)23-17-8-3-2-7-16(17)19/h2-3,7-8,14-15H,4-6,9-13H2,1H3/t14-/m1/s1. The molecule has 0 radical (unpaired) electrons. The van der Waals surface area contributed by atoms with Crippen LogP contribution >= 0.6 is 11.6 Å². The lowest BCUT2D eigenvalue weighted by Crippen LogP contribution is -2.56. The average molecular weight is 337 g/mol. The maximum absolute atomic E-state index is 12.3. The number of likely N-dealkylation sites (tertiary alicyclic amines) is 2. The number of rotatable bonds is 5. The van der Waals surface area contributed by atoms with E-state index in [1.165, 1.54) is 19.3 Å². The summed E-state index contributed by atoms with van der Waals surface area (Å²) in [6.45, 7) is 2.51. The van der Waals surface area contributed by atoms with E-state index < -0.39 is 0 Å². The van der Waals surface area contributed by atoms with Crippen molar-refractivity contribution in [1.82, 2.24) is 9.80 Å². The number of hydrogen-bond acceptors (Lipinski definition) is 3. The minimum Gasteiger partial charge on any atom is -0.485 e. The molecule has 0 aliphatic carbocycles. The van der Waals surface area contributed by atoms with Gasteiger partial charge in [-0.25, -0.2) is 0 Å². The van der Waals surface area contributed by atoms with Gasteiger partial charge in [0.25, 0.3) is 0 Å². The van der Waals surface area contributed by atoms with Crippen molar-refractivity contribution >= 4 is 17.5 Å². The lowest BCUT2D eigenvalue weighted by molar-refractivity contribution is -0.140. The summed E-state index contributed by atoms with van der Waals surface area (Å²) in [7, 11) is 2.17. The summed E-state index contributed by atoms with van der Waals surface area (Å²) >= 11 is 6.09. The molecule has 0 unspecified atom stereocenters. The normalized spacial score (nSPS) is 22.7. The molecule has 2 aliphatic rings. The summed E-state index contributed by atoms with van der Waals surface area (Å²) in [4.78, 5) is 16.6. The van der Waals surface area contributed by atoms with Gasteiger partial charge in [0.05, 0.1) is 18.1 Å². The van der Waals surface area contributed by atoms with Crippen molar-refractivity contribution in [2.24, 2.45) is 0 Å². The van der Waals surface area contributed by atoms with Crippen LogP contribution in [0, 0.1) is 0 Å². The van der Waals surface area contributed by atoms with Crippen LogP contribution in [0.4, 0.5) is 0 Å². The SMILES string of the molecule is CN1CCCC[C@@H]1CCC(=O)N1CC(Oc2ccccc2Cl)C1. The Bertz CT molecular complexity index is 546. The molecule has 0 N–H and O–H groups in total. The molecule has 0 bridgehead atoms. The second-order valence-corrected chi connectivity index (χ2v) is 7.05. The molecule has 2 saturated heterocycles. The molecule has 5 heteroatoms. The number of nitrogens with zero attached hydrogens (tertiary/aromatic N) is 2. The number of para-hydroxylation sites is 1. The third kappa shape index (κ3) is 4.18. The predicted molar refractivity (Wildman–Crippen MR) is 92.0 cm³/mol. The van der Waals surface area contributed by atoms with Gasteiger partial charge in [0.15, 0.2) is 0 Å². The van der Waals surface area contributed by atoms with Gasteiger partial charge in [-0.2, -0.15) is 0 Å². The van der Waals surface area contributed by atoms with E-state index in [9.17, 15) is 4.79 Å². The van der Waals surface area contributed by atoms with Crippen molar-refractivity contribution in [3.63, 3.8) is 0 Å². The third-order valence-electron chi connectivity index (χ3n) is 4.94.